The number of carbonyl (C=O) groups excluding carboxylic acids is 1. The van der Waals surface area contributed by atoms with Crippen molar-refractivity contribution in [1.29, 1.82) is 5.26 Å². The lowest BCUT2D eigenvalue weighted by molar-refractivity contribution is -0.114. The van der Waals surface area contributed by atoms with Gasteiger partial charge >= 0.3 is 0 Å². The highest BCUT2D eigenvalue weighted by Gasteiger charge is 2.15. The van der Waals surface area contributed by atoms with E-state index in [1.54, 1.807) is 13.1 Å². The van der Waals surface area contributed by atoms with Crippen LogP contribution in [-0.2, 0) is 4.79 Å². The fourth-order valence-electron chi connectivity index (χ4n) is 1.92. The number of nitrogens with zero attached hydrogens (tertiary/aromatic N) is 2. The standard InChI is InChI=1S/C18H16N2O/c1-14-8-10-15(11-9-14)12-16(13-19)18(21)20(2)17-6-4-3-5-7-17/h3-12H,1-2H3/b16-12+. The number of anilines is 1. The maximum Gasteiger partial charge on any atom is 0.268 e. The lowest BCUT2D eigenvalue weighted by atomic mass is 10.1. The topological polar surface area (TPSA) is 44.1 Å². The molecule has 2 rings (SSSR count). The van der Waals surface area contributed by atoms with Crippen LogP contribution in [0.3, 0.4) is 0 Å². The first-order valence-corrected chi connectivity index (χ1v) is 6.63. The summed E-state index contributed by atoms with van der Waals surface area (Å²) in [4.78, 5) is 13.9. The third-order valence-corrected chi connectivity index (χ3v) is 3.19. The summed E-state index contributed by atoms with van der Waals surface area (Å²) in [5.41, 5.74) is 2.85. The molecule has 2 aromatic rings. The zero-order chi connectivity index (χ0) is 15.2. The second kappa shape index (κ2) is 6.53. The Balaban J connectivity index is 2.27. The first-order chi connectivity index (χ1) is 10.1. The van der Waals surface area contributed by atoms with Crippen LogP contribution in [-0.4, -0.2) is 13.0 Å². The van der Waals surface area contributed by atoms with E-state index >= 15 is 0 Å². The second-order valence-electron chi connectivity index (χ2n) is 4.78. The van der Waals surface area contributed by atoms with Gasteiger partial charge in [-0.2, -0.15) is 5.26 Å². The number of nitriles is 1. The van der Waals surface area contributed by atoms with Gasteiger partial charge in [-0.05, 0) is 30.7 Å². The van der Waals surface area contributed by atoms with Crippen molar-refractivity contribution in [1.82, 2.24) is 0 Å². The lowest BCUT2D eigenvalue weighted by Crippen LogP contribution is -2.27. The van der Waals surface area contributed by atoms with Crippen molar-refractivity contribution < 1.29 is 4.79 Å². The number of likely N-dealkylation sites (N-methyl/N-ethyl adjacent to an activating group) is 1. The van der Waals surface area contributed by atoms with Crippen LogP contribution in [0.25, 0.3) is 6.08 Å². The average Bonchev–Trinajstić information content (AvgIpc) is 2.54. The monoisotopic (exact) mass is 276 g/mol. The van der Waals surface area contributed by atoms with Crippen LogP contribution < -0.4 is 4.90 Å². The largest absolute Gasteiger partial charge is 0.311 e. The van der Waals surface area contributed by atoms with E-state index < -0.39 is 0 Å². The molecular formula is C18H16N2O. The third-order valence-electron chi connectivity index (χ3n) is 3.19. The highest BCUT2D eigenvalue weighted by atomic mass is 16.2. The lowest BCUT2D eigenvalue weighted by Gasteiger charge is -2.16. The molecule has 0 saturated carbocycles. The normalized spacial score (nSPS) is 10.8. The molecule has 0 spiro atoms. The van der Waals surface area contributed by atoms with Gasteiger partial charge in [0.2, 0.25) is 0 Å². The summed E-state index contributed by atoms with van der Waals surface area (Å²) < 4.78 is 0. The first kappa shape index (κ1) is 14.5. The molecule has 0 radical (unpaired) electrons. The fourth-order valence-corrected chi connectivity index (χ4v) is 1.92. The molecule has 0 aliphatic heterocycles. The quantitative estimate of drug-likeness (QED) is 0.635. The van der Waals surface area contributed by atoms with E-state index in [1.165, 1.54) is 4.90 Å². The van der Waals surface area contributed by atoms with E-state index in [9.17, 15) is 10.1 Å². The first-order valence-electron chi connectivity index (χ1n) is 6.63. The van der Waals surface area contributed by atoms with E-state index in [0.717, 1.165) is 16.8 Å². The van der Waals surface area contributed by atoms with Crippen LogP contribution in [0.2, 0.25) is 0 Å². The summed E-state index contributed by atoms with van der Waals surface area (Å²) in [5, 5.41) is 9.24. The summed E-state index contributed by atoms with van der Waals surface area (Å²) in [6.45, 7) is 1.99. The molecule has 3 heteroatoms. The van der Waals surface area contributed by atoms with Crippen molar-refractivity contribution >= 4 is 17.7 Å². The smallest absolute Gasteiger partial charge is 0.268 e. The van der Waals surface area contributed by atoms with Gasteiger partial charge in [-0.3, -0.25) is 4.79 Å². The number of carbonyl (C=O) groups is 1. The van der Waals surface area contributed by atoms with Crippen molar-refractivity contribution in [3.8, 4) is 6.07 Å². The minimum atomic E-state index is -0.315. The van der Waals surface area contributed by atoms with Crippen LogP contribution >= 0.6 is 0 Å². The molecule has 104 valence electrons. The van der Waals surface area contributed by atoms with Crippen LogP contribution in [0.5, 0.6) is 0 Å². The molecule has 0 aliphatic carbocycles. The van der Waals surface area contributed by atoms with Gasteiger partial charge in [0, 0.05) is 12.7 Å². The van der Waals surface area contributed by atoms with Crippen molar-refractivity contribution in [3.05, 3.63) is 71.3 Å². The van der Waals surface area contributed by atoms with Gasteiger partial charge in [0.15, 0.2) is 0 Å². The highest BCUT2D eigenvalue weighted by Crippen LogP contribution is 2.16. The molecule has 0 bridgehead atoms. The Kier molecular flexibility index (Phi) is 4.53. The predicted molar refractivity (Wildman–Crippen MR) is 84.6 cm³/mol. The van der Waals surface area contributed by atoms with E-state index in [4.69, 9.17) is 0 Å². The molecule has 3 nitrogen and oxygen atoms in total. The Hall–Kier alpha value is -2.86. The van der Waals surface area contributed by atoms with Crippen LogP contribution in [0.1, 0.15) is 11.1 Å². The fraction of sp³-hybridized carbons (Fsp3) is 0.111. The van der Waals surface area contributed by atoms with Crippen LogP contribution in [0.15, 0.2) is 60.2 Å². The number of amides is 1. The summed E-state index contributed by atoms with van der Waals surface area (Å²) in [6, 6.07) is 18.9. The second-order valence-corrected chi connectivity index (χ2v) is 4.78. The van der Waals surface area contributed by atoms with E-state index in [1.807, 2.05) is 67.6 Å². The van der Waals surface area contributed by atoms with Crippen molar-refractivity contribution in [2.75, 3.05) is 11.9 Å². The maximum absolute atomic E-state index is 12.4. The molecule has 0 saturated heterocycles. The van der Waals surface area contributed by atoms with Gasteiger partial charge in [0.25, 0.3) is 5.91 Å². The highest BCUT2D eigenvalue weighted by molar-refractivity contribution is 6.10. The molecule has 0 aromatic heterocycles. The molecule has 0 N–H and O–H groups in total. The average molecular weight is 276 g/mol. The summed E-state index contributed by atoms with van der Waals surface area (Å²) in [6.07, 6.45) is 1.61. The summed E-state index contributed by atoms with van der Waals surface area (Å²) in [5.74, 6) is -0.315. The zero-order valence-corrected chi connectivity index (χ0v) is 12.1. The molecule has 21 heavy (non-hydrogen) atoms. The third kappa shape index (κ3) is 3.58. The molecule has 0 aliphatic rings. The number of rotatable bonds is 3. The van der Waals surface area contributed by atoms with E-state index in [2.05, 4.69) is 0 Å². The molecule has 0 heterocycles. The Morgan fingerprint density at radius 1 is 1.10 bits per heavy atom. The minimum Gasteiger partial charge on any atom is -0.311 e. The van der Waals surface area contributed by atoms with Gasteiger partial charge in [0.05, 0.1) is 0 Å². The SMILES string of the molecule is Cc1ccc(/C=C(\C#N)C(=O)N(C)c2ccccc2)cc1. The van der Waals surface area contributed by atoms with Gasteiger partial charge < -0.3 is 4.90 Å². The van der Waals surface area contributed by atoms with Crippen LogP contribution in [0.4, 0.5) is 5.69 Å². The molecular weight excluding hydrogens is 260 g/mol. The van der Waals surface area contributed by atoms with Crippen LogP contribution in [0, 0.1) is 18.3 Å². The molecule has 0 fully saturated rings. The minimum absolute atomic E-state index is 0.116. The van der Waals surface area contributed by atoms with Crippen molar-refractivity contribution in [2.45, 2.75) is 6.92 Å². The molecule has 0 unspecified atom stereocenters. The number of benzene rings is 2. The van der Waals surface area contributed by atoms with Gasteiger partial charge in [-0.1, -0.05) is 48.0 Å². The maximum atomic E-state index is 12.4. The number of hydrogen-bond donors (Lipinski definition) is 0. The Morgan fingerprint density at radius 2 is 1.71 bits per heavy atom. The van der Waals surface area contributed by atoms with Gasteiger partial charge in [-0.25, -0.2) is 0 Å². The predicted octanol–water partition coefficient (Wildman–Crippen LogP) is 3.57. The summed E-state index contributed by atoms with van der Waals surface area (Å²) >= 11 is 0. The number of hydrogen-bond acceptors (Lipinski definition) is 2. The molecule has 0 atom stereocenters. The zero-order valence-electron chi connectivity index (χ0n) is 12.1. The Morgan fingerprint density at radius 3 is 2.29 bits per heavy atom. The number of aryl methyl sites for hydroxylation is 1. The number of para-hydroxylation sites is 1. The Bertz CT molecular complexity index is 694. The van der Waals surface area contributed by atoms with Gasteiger partial charge in [0.1, 0.15) is 11.6 Å². The van der Waals surface area contributed by atoms with Gasteiger partial charge in [-0.15, -0.1) is 0 Å². The van der Waals surface area contributed by atoms with E-state index in [-0.39, 0.29) is 11.5 Å². The molecule has 2 aromatic carbocycles. The van der Waals surface area contributed by atoms with Crippen molar-refractivity contribution in [2.24, 2.45) is 0 Å². The van der Waals surface area contributed by atoms with E-state index in [0.29, 0.717) is 0 Å². The molecule has 1 amide bonds. The van der Waals surface area contributed by atoms with Crippen molar-refractivity contribution in [3.63, 3.8) is 0 Å². The Labute approximate surface area is 124 Å². The summed E-state index contributed by atoms with van der Waals surface area (Å²) in [7, 11) is 1.66.